The molecule has 0 aromatic carbocycles. The fourth-order valence-electron chi connectivity index (χ4n) is 0.972. The molecule has 5 nitrogen and oxygen atoms in total. The summed E-state index contributed by atoms with van der Waals surface area (Å²) in [7, 11) is 1.78. The zero-order chi connectivity index (χ0) is 11.3. The van der Waals surface area contributed by atoms with E-state index in [0.717, 1.165) is 18.0 Å². The lowest BCUT2D eigenvalue weighted by atomic mass is 10.5. The predicted molar refractivity (Wildman–Crippen MR) is 61.4 cm³/mol. The Hall–Kier alpha value is -0.690. The van der Waals surface area contributed by atoms with E-state index >= 15 is 0 Å². The molecule has 0 aliphatic carbocycles. The minimum atomic E-state index is -0.839. The summed E-state index contributed by atoms with van der Waals surface area (Å²) in [6.45, 7) is 0. The maximum Gasteiger partial charge on any atom is 0.313 e. The molecular formula is C8H13N3O2S2. The summed E-state index contributed by atoms with van der Waals surface area (Å²) in [5, 5.41) is 13.4. The van der Waals surface area contributed by atoms with Crippen molar-refractivity contribution in [3.05, 3.63) is 5.82 Å². The third kappa shape index (κ3) is 4.13. The van der Waals surface area contributed by atoms with Gasteiger partial charge in [0, 0.05) is 19.2 Å². The number of rotatable bonds is 6. The van der Waals surface area contributed by atoms with Gasteiger partial charge in [-0.1, -0.05) is 11.8 Å². The van der Waals surface area contributed by atoms with Gasteiger partial charge >= 0.3 is 5.97 Å². The van der Waals surface area contributed by atoms with E-state index < -0.39 is 5.97 Å². The first kappa shape index (κ1) is 12.4. The standard InChI is InChI=1S/C8H13N3O2S2/c1-11-8(15-5-7(12)13)9-6(10-11)3-4-14-2/h3-5H2,1-2H3,(H,12,13). The van der Waals surface area contributed by atoms with Gasteiger partial charge in [-0.2, -0.15) is 16.9 Å². The van der Waals surface area contributed by atoms with Gasteiger partial charge in [-0.05, 0) is 6.26 Å². The van der Waals surface area contributed by atoms with Crippen LogP contribution in [0.2, 0.25) is 0 Å². The molecule has 0 spiro atoms. The molecule has 0 radical (unpaired) electrons. The van der Waals surface area contributed by atoms with Gasteiger partial charge in [-0.25, -0.2) is 9.67 Å². The molecular weight excluding hydrogens is 234 g/mol. The van der Waals surface area contributed by atoms with E-state index in [1.807, 2.05) is 6.26 Å². The molecule has 0 fully saturated rings. The second kappa shape index (κ2) is 6.02. The minimum Gasteiger partial charge on any atom is -0.481 e. The van der Waals surface area contributed by atoms with Gasteiger partial charge in [-0.15, -0.1) is 0 Å². The molecule has 15 heavy (non-hydrogen) atoms. The van der Waals surface area contributed by atoms with E-state index in [1.165, 1.54) is 11.8 Å². The Morgan fingerprint density at radius 1 is 1.60 bits per heavy atom. The zero-order valence-electron chi connectivity index (χ0n) is 8.63. The van der Waals surface area contributed by atoms with Crippen molar-refractivity contribution in [2.24, 2.45) is 7.05 Å². The van der Waals surface area contributed by atoms with Crippen molar-refractivity contribution in [1.82, 2.24) is 14.8 Å². The quantitative estimate of drug-likeness (QED) is 0.753. The van der Waals surface area contributed by atoms with Gasteiger partial charge in [0.2, 0.25) is 0 Å². The molecule has 0 aliphatic heterocycles. The van der Waals surface area contributed by atoms with Gasteiger partial charge in [0.25, 0.3) is 0 Å². The van der Waals surface area contributed by atoms with Crippen molar-refractivity contribution in [1.29, 1.82) is 0 Å². The number of aryl methyl sites for hydroxylation is 2. The first-order valence-electron chi connectivity index (χ1n) is 4.37. The molecule has 0 saturated carbocycles. The monoisotopic (exact) mass is 247 g/mol. The van der Waals surface area contributed by atoms with Crippen LogP contribution in [0, 0.1) is 0 Å². The lowest BCUT2D eigenvalue weighted by Gasteiger charge is -1.94. The molecule has 0 saturated heterocycles. The lowest BCUT2D eigenvalue weighted by Crippen LogP contribution is -2.00. The Morgan fingerprint density at radius 3 is 2.93 bits per heavy atom. The Kier molecular flexibility index (Phi) is 4.97. The van der Waals surface area contributed by atoms with Crippen LogP contribution in [0.4, 0.5) is 0 Å². The van der Waals surface area contributed by atoms with Crippen molar-refractivity contribution in [2.45, 2.75) is 11.6 Å². The smallest absolute Gasteiger partial charge is 0.313 e. The van der Waals surface area contributed by atoms with Crippen molar-refractivity contribution in [3.63, 3.8) is 0 Å². The number of aliphatic carboxylic acids is 1. The van der Waals surface area contributed by atoms with Crippen molar-refractivity contribution in [3.8, 4) is 0 Å². The van der Waals surface area contributed by atoms with E-state index in [-0.39, 0.29) is 5.75 Å². The van der Waals surface area contributed by atoms with Gasteiger partial charge in [0.05, 0.1) is 5.75 Å². The van der Waals surface area contributed by atoms with Crippen LogP contribution in [-0.2, 0) is 18.3 Å². The van der Waals surface area contributed by atoms with Gasteiger partial charge in [0.1, 0.15) is 0 Å². The van der Waals surface area contributed by atoms with Crippen molar-refractivity contribution in [2.75, 3.05) is 17.8 Å². The average Bonchev–Trinajstić information content (AvgIpc) is 2.53. The Labute approximate surface area is 96.6 Å². The number of thioether (sulfide) groups is 2. The van der Waals surface area contributed by atoms with E-state index in [4.69, 9.17) is 5.11 Å². The van der Waals surface area contributed by atoms with E-state index in [9.17, 15) is 4.79 Å². The van der Waals surface area contributed by atoms with Gasteiger partial charge in [-0.3, -0.25) is 4.79 Å². The lowest BCUT2D eigenvalue weighted by molar-refractivity contribution is -0.133. The molecule has 0 atom stereocenters. The van der Waals surface area contributed by atoms with Crippen LogP contribution in [0.15, 0.2) is 5.16 Å². The first-order chi connectivity index (χ1) is 7.13. The number of carbonyl (C=O) groups is 1. The minimum absolute atomic E-state index is 0.0223. The maximum absolute atomic E-state index is 10.4. The number of nitrogens with zero attached hydrogens (tertiary/aromatic N) is 3. The summed E-state index contributed by atoms with van der Waals surface area (Å²) in [4.78, 5) is 14.6. The molecule has 0 aliphatic rings. The SMILES string of the molecule is CSCCc1nc(SCC(=O)O)n(C)n1. The van der Waals surface area contributed by atoms with Crippen molar-refractivity contribution >= 4 is 29.5 Å². The molecule has 84 valence electrons. The Morgan fingerprint density at radius 2 is 2.33 bits per heavy atom. The molecule has 0 bridgehead atoms. The first-order valence-corrected chi connectivity index (χ1v) is 6.75. The zero-order valence-corrected chi connectivity index (χ0v) is 10.3. The summed E-state index contributed by atoms with van der Waals surface area (Å²) >= 11 is 2.93. The average molecular weight is 247 g/mol. The number of hydrogen-bond donors (Lipinski definition) is 1. The van der Waals surface area contributed by atoms with E-state index in [1.54, 1.807) is 23.5 Å². The van der Waals surface area contributed by atoms with Crippen LogP contribution in [-0.4, -0.2) is 43.6 Å². The van der Waals surface area contributed by atoms with E-state index in [2.05, 4.69) is 10.1 Å². The summed E-state index contributed by atoms with van der Waals surface area (Å²) in [5.74, 6) is 0.940. The van der Waals surface area contributed by atoms with Crippen molar-refractivity contribution < 1.29 is 9.90 Å². The second-order valence-corrected chi connectivity index (χ2v) is 4.79. The normalized spacial score (nSPS) is 10.5. The van der Waals surface area contributed by atoms with Crippen LogP contribution < -0.4 is 0 Å². The highest BCUT2D eigenvalue weighted by atomic mass is 32.2. The number of aromatic nitrogens is 3. The molecule has 1 N–H and O–H groups in total. The molecule has 1 aromatic rings. The Bertz CT molecular complexity index is 341. The van der Waals surface area contributed by atoms with E-state index in [0.29, 0.717) is 5.16 Å². The number of carboxylic acids is 1. The third-order valence-corrected chi connectivity index (χ3v) is 3.24. The number of hydrogen-bond acceptors (Lipinski definition) is 5. The fraction of sp³-hybridized carbons (Fsp3) is 0.625. The van der Waals surface area contributed by atoms with Crippen LogP contribution in [0.3, 0.4) is 0 Å². The summed E-state index contributed by atoms with van der Waals surface area (Å²) < 4.78 is 1.63. The van der Waals surface area contributed by atoms with Crippen LogP contribution in [0.1, 0.15) is 5.82 Å². The molecule has 1 heterocycles. The van der Waals surface area contributed by atoms with Crippen LogP contribution >= 0.6 is 23.5 Å². The molecule has 0 amide bonds. The van der Waals surface area contributed by atoms with Gasteiger partial charge < -0.3 is 5.11 Å². The third-order valence-electron chi connectivity index (χ3n) is 1.62. The Balaban J connectivity index is 2.56. The molecule has 1 aromatic heterocycles. The summed E-state index contributed by atoms with van der Waals surface area (Å²) in [5.41, 5.74) is 0. The highest BCUT2D eigenvalue weighted by Gasteiger charge is 2.09. The molecule has 0 unspecified atom stereocenters. The predicted octanol–water partition coefficient (Wildman–Crippen LogP) is 0.897. The highest BCUT2D eigenvalue weighted by molar-refractivity contribution is 7.99. The highest BCUT2D eigenvalue weighted by Crippen LogP contribution is 2.14. The number of carboxylic acid groups (broad SMARTS) is 1. The largest absolute Gasteiger partial charge is 0.481 e. The molecule has 7 heteroatoms. The van der Waals surface area contributed by atoms with Crippen LogP contribution in [0.25, 0.3) is 0 Å². The van der Waals surface area contributed by atoms with Gasteiger partial charge in [0.15, 0.2) is 11.0 Å². The summed E-state index contributed by atoms with van der Waals surface area (Å²) in [6.07, 6.45) is 2.85. The maximum atomic E-state index is 10.4. The summed E-state index contributed by atoms with van der Waals surface area (Å²) in [6, 6.07) is 0. The fourth-order valence-corrected chi connectivity index (χ4v) is 2.01. The molecule has 1 rings (SSSR count). The second-order valence-electron chi connectivity index (χ2n) is 2.86. The van der Waals surface area contributed by atoms with Crippen LogP contribution in [0.5, 0.6) is 0 Å². The topological polar surface area (TPSA) is 68.0 Å².